The van der Waals surface area contributed by atoms with Crippen LogP contribution in [-0.2, 0) is 4.79 Å². The van der Waals surface area contributed by atoms with E-state index in [0.29, 0.717) is 11.8 Å². The predicted molar refractivity (Wildman–Crippen MR) is 76.4 cm³/mol. The van der Waals surface area contributed by atoms with E-state index in [1.807, 2.05) is 24.1 Å². The van der Waals surface area contributed by atoms with Gasteiger partial charge in [-0.25, -0.2) is 0 Å². The third-order valence-corrected chi connectivity index (χ3v) is 3.87. The van der Waals surface area contributed by atoms with E-state index < -0.39 is 0 Å². The molecule has 1 aliphatic carbocycles. The van der Waals surface area contributed by atoms with Crippen LogP contribution in [0.25, 0.3) is 0 Å². The Morgan fingerprint density at radius 1 is 1.37 bits per heavy atom. The Bertz CT molecular complexity index is 427. The Labute approximate surface area is 115 Å². The number of carbonyl (C=O) groups is 1. The Morgan fingerprint density at radius 3 is 2.63 bits per heavy atom. The minimum atomic E-state index is 0.190. The van der Waals surface area contributed by atoms with E-state index in [0.717, 1.165) is 31.6 Å². The fourth-order valence-electron chi connectivity index (χ4n) is 2.48. The van der Waals surface area contributed by atoms with Gasteiger partial charge in [0.25, 0.3) is 0 Å². The average molecular weight is 261 g/mol. The van der Waals surface area contributed by atoms with Crippen LogP contribution in [0.4, 0.5) is 0 Å². The molecular formula is C16H23NO2. The Hall–Kier alpha value is -1.51. The highest BCUT2D eigenvalue weighted by Gasteiger charge is 2.44. The summed E-state index contributed by atoms with van der Waals surface area (Å²) in [6.45, 7) is 3.02. The number of ether oxygens (including phenoxy) is 1. The second-order valence-electron chi connectivity index (χ2n) is 5.34. The van der Waals surface area contributed by atoms with Crippen LogP contribution in [0.15, 0.2) is 24.3 Å². The van der Waals surface area contributed by atoms with E-state index in [2.05, 4.69) is 19.1 Å². The van der Waals surface area contributed by atoms with Gasteiger partial charge in [0.15, 0.2) is 0 Å². The maximum Gasteiger partial charge on any atom is 0.226 e. The van der Waals surface area contributed by atoms with E-state index >= 15 is 0 Å². The van der Waals surface area contributed by atoms with Crippen molar-refractivity contribution in [1.29, 1.82) is 0 Å². The molecule has 1 amide bonds. The van der Waals surface area contributed by atoms with E-state index in [1.165, 1.54) is 5.56 Å². The van der Waals surface area contributed by atoms with Gasteiger partial charge in [0.05, 0.1) is 7.11 Å². The van der Waals surface area contributed by atoms with Gasteiger partial charge in [0, 0.05) is 19.5 Å². The zero-order valence-electron chi connectivity index (χ0n) is 12.1. The van der Waals surface area contributed by atoms with Crippen molar-refractivity contribution < 1.29 is 9.53 Å². The van der Waals surface area contributed by atoms with Crippen molar-refractivity contribution in [3.63, 3.8) is 0 Å². The van der Waals surface area contributed by atoms with Crippen LogP contribution < -0.4 is 4.74 Å². The van der Waals surface area contributed by atoms with E-state index in [1.54, 1.807) is 7.11 Å². The second-order valence-corrected chi connectivity index (χ2v) is 5.34. The van der Waals surface area contributed by atoms with Gasteiger partial charge in [-0.05, 0) is 36.5 Å². The summed E-state index contributed by atoms with van der Waals surface area (Å²) in [4.78, 5) is 14.1. The van der Waals surface area contributed by atoms with Crippen molar-refractivity contribution >= 4 is 5.91 Å². The highest BCUT2D eigenvalue weighted by molar-refractivity contribution is 5.82. The fourth-order valence-corrected chi connectivity index (χ4v) is 2.48. The summed E-state index contributed by atoms with van der Waals surface area (Å²) in [6.07, 6.45) is 3.20. The number of benzene rings is 1. The van der Waals surface area contributed by atoms with Gasteiger partial charge in [-0.15, -0.1) is 0 Å². The number of carbonyl (C=O) groups excluding carboxylic acids is 1. The van der Waals surface area contributed by atoms with E-state index in [-0.39, 0.29) is 5.92 Å². The summed E-state index contributed by atoms with van der Waals surface area (Å²) in [5, 5.41) is 0. The van der Waals surface area contributed by atoms with Gasteiger partial charge < -0.3 is 9.64 Å². The number of methoxy groups -OCH3 is 1. The maximum absolute atomic E-state index is 12.2. The Morgan fingerprint density at radius 2 is 2.05 bits per heavy atom. The molecule has 1 fully saturated rings. The summed E-state index contributed by atoms with van der Waals surface area (Å²) >= 11 is 0. The van der Waals surface area contributed by atoms with Gasteiger partial charge >= 0.3 is 0 Å². The van der Waals surface area contributed by atoms with Crippen LogP contribution in [0.1, 0.15) is 37.7 Å². The van der Waals surface area contributed by atoms with Gasteiger partial charge in [-0.1, -0.05) is 25.5 Å². The van der Waals surface area contributed by atoms with Crippen LogP contribution >= 0.6 is 0 Å². The molecule has 2 unspecified atom stereocenters. The minimum Gasteiger partial charge on any atom is -0.497 e. The predicted octanol–water partition coefficient (Wildman–Crippen LogP) is 3.06. The van der Waals surface area contributed by atoms with Crippen molar-refractivity contribution in [3.05, 3.63) is 29.8 Å². The van der Waals surface area contributed by atoms with Crippen molar-refractivity contribution in [2.45, 2.75) is 32.1 Å². The first-order valence-electron chi connectivity index (χ1n) is 7.06. The number of hydrogen-bond donors (Lipinski definition) is 0. The number of amides is 1. The molecule has 1 aliphatic rings. The molecule has 2 atom stereocenters. The molecule has 0 heterocycles. The molecule has 0 radical (unpaired) electrons. The first-order chi connectivity index (χ1) is 9.17. The lowest BCUT2D eigenvalue weighted by Crippen LogP contribution is -2.29. The lowest BCUT2D eigenvalue weighted by Gasteiger charge is -2.16. The lowest BCUT2D eigenvalue weighted by molar-refractivity contribution is -0.131. The molecule has 0 saturated heterocycles. The summed E-state index contributed by atoms with van der Waals surface area (Å²) in [7, 11) is 3.59. The van der Waals surface area contributed by atoms with E-state index in [4.69, 9.17) is 4.74 Å². The molecule has 0 aliphatic heterocycles. The summed E-state index contributed by atoms with van der Waals surface area (Å²) < 4.78 is 5.15. The molecule has 1 aromatic rings. The summed E-state index contributed by atoms with van der Waals surface area (Å²) in [6, 6.07) is 8.08. The number of hydrogen-bond acceptors (Lipinski definition) is 2. The highest BCUT2D eigenvalue weighted by atomic mass is 16.5. The van der Waals surface area contributed by atoms with Crippen molar-refractivity contribution in [2.75, 3.05) is 20.7 Å². The smallest absolute Gasteiger partial charge is 0.226 e. The molecule has 3 heteroatoms. The average Bonchev–Trinajstić information content (AvgIpc) is 3.24. The highest BCUT2D eigenvalue weighted by Crippen LogP contribution is 2.48. The van der Waals surface area contributed by atoms with Gasteiger partial charge in [0.1, 0.15) is 5.75 Å². The summed E-state index contributed by atoms with van der Waals surface area (Å²) in [5.41, 5.74) is 1.25. The fraction of sp³-hybridized carbons (Fsp3) is 0.562. The maximum atomic E-state index is 12.2. The van der Waals surface area contributed by atoms with Crippen LogP contribution in [0.5, 0.6) is 5.75 Å². The number of unbranched alkanes of at least 4 members (excludes halogenated alkanes) is 1. The third kappa shape index (κ3) is 3.28. The standard InChI is InChI=1S/C16H23NO2/c1-4-5-10-17(2)16(18)15-11-14(15)12-6-8-13(19-3)9-7-12/h6-9,14-15H,4-5,10-11H2,1-3H3. The first-order valence-corrected chi connectivity index (χ1v) is 7.06. The molecule has 3 nitrogen and oxygen atoms in total. The molecule has 0 aromatic heterocycles. The molecule has 0 spiro atoms. The molecule has 1 aromatic carbocycles. The monoisotopic (exact) mass is 261 g/mol. The van der Waals surface area contributed by atoms with Crippen molar-refractivity contribution in [2.24, 2.45) is 5.92 Å². The topological polar surface area (TPSA) is 29.5 Å². The number of rotatable bonds is 6. The van der Waals surface area contributed by atoms with Gasteiger partial charge in [-0.3, -0.25) is 4.79 Å². The quantitative estimate of drug-likeness (QED) is 0.787. The second kappa shape index (κ2) is 6.09. The zero-order valence-corrected chi connectivity index (χ0v) is 12.1. The van der Waals surface area contributed by atoms with Gasteiger partial charge in [-0.2, -0.15) is 0 Å². The number of nitrogens with zero attached hydrogens (tertiary/aromatic N) is 1. The molecule has 0 N–H and O–H groups in total. The minimum absolute atomic E-state index is 0.190. The van der Waals surface area contributed by atoms with Crippen LogP contribution in [0, 0.1) is 5.92 Å². The Kier molecular flexibility index (Phi) is 4.46. The molecule has 0 bridgehead atoms. The van der Waals surface area contributed by atoms with Crippen molar-refractivity contribution in [3.8, 4) is 5.75 Å². The van der Waals surface area contributed by atoms with Crippen molar-refractivity contribution in [1.82, 2.24) is 4.90 Å². The summed E-state index contributed by atoms with van der Waals surface area (Å²) in [5.74, 6) is 1.76. The SMILES string of the molecule is CCCCN(C)C(=O)C1CC1c1ccc(OC)cc1. The lowest BCUT2D eigenvalue weighted by atomic mass is 10.1. The third-order valence-electron chi connectivity index (χ3n) is 3.87. The van der Waals surface area contributed by atoms with Crippen LogP contribution in [0.3, 0.4) is 0 Å². The molecule has 1 saturated carbocycles. The first kappa shape index (κ1) is 13.9. The Balaban J connectivity index is 1.90. The molecular weight excluding hydrogens is 238 g/mol. The van der Waals surface area contributed by atoms with E-state index in [9.17, 15) is 4.79 Å². The largest absolute Gasteiger partial charge is 0.497 e. The van der Waals surface area contributed by atoms with Gasteiger partial charge in [0.2, 0.25) is 5.91 Å². The molecule has 19 heavy (non-hydrogen) atoms. The molecule has 104 valence electrons. The van der Waals surface area contributed by atoms with Crippen LogP contribution in [-0.4, -0.2) is 31.5 Å². The molecule has 2 rings (SSSR count). The normalized spacial score (nSPS) is 21.0. The zero-order chi connectivity index (χ0) is 13.8. The van der Waals surface area contributed by atoms with Crippen LogP contribution in [0.2, 0.25) is 0 Å².